The first-order valence-electron chi connectivity index (χ1n) is 4.24. The number of benzene rings is 1. The summed E-state index contributed by atoms with van der Waals surface area (Å²) >= 11 is 4.36. The number of nitro groups is 1. The fraction of sp³-hybridized carbons (Fsp3) is 0.250. The largest absolute Gasteiger partial charge is 0.444 e. The Bertz CT molecular complexity index is 524. The normalized spacial score (nSPS) is 13.2. The van der Waals surface area contributed by atoms with E-state index in [9.17, 15) is 36.5 Å². The summed E-state index contributed by atoms with van der Waals surface area (Å²) in [5.41, 5.74) is -5.10. The quantitative estimate of drug-likeness (QED) is 0.281. The van der Waals surface area contributed by atoms with Crippen molar-refractivity contribution in [3.05, 3.63) is 33.6 Å². The van der Waals surface area contributed by atoms with Gasteiger partial charge in [0.1, 0.15) is 0 Å². The van der Waals surface area contributed by atoms with Gasteiger partial charge < -0.3 is 4.74 Å². The number of hydrogen-bond acceptors (Lipinski definition) is 3. The third kappa shape index (κ3) is 3.00. The second-order valence-corrected chi connectivity index (χ2v) is 3.44. The Morgan fingerprint density at radius 1 is 1.32 bits per heavy atom. The molecule has 0 spiro atoms. The van der Waals surface area contributed by atoms with Gasteiger partial charge >= 0.3 is 11.8 Å². The summed E-state index contributed by atoms with van der Waals surface area (Å²) in [4.78, 5) is 8.71. The molecule has 106 valence electrons. The van der Waals surface area contributed by atoms with Crippen molar-refractivity contribution in [3.8, 4) is 5.75 Å². The molecule has 1 aromatic carbocycles. The Balaban J connectivity index is 3.32. The zero-order valence-electron chi connectivity index (χ0n) is 8.47. The Hall–Kier alpha value is -1.71. The zero-order chi connectivity index (χ0) is 15.0. The van der Waals surface area contributed by atoms with Gasteiger partial charge in [-0.25, -0.2) is 8.78 Å². The molecule has 0 fully saturated rings. The molecule has 0 saturated carbocycles. The second-order valence-electron chi connectivity index (χ2n) is 3.06. The fourth-order valence-corrected chi connectivity index (χ4v) is 1.02. The van der Waals surface area contributed by atoms with Gasteiger partial charge in [-0.1, -0.05) is 11.6 Å². The van der Waals surface area contributed by atoms with E-state index < -0.39 is 45.6 Å². The van der Waals surface area contributed by atoms with Gasteiger partial charge in [0.15, 0.2) is 5.82 Å². The molecule has 0 radical (unpaired) electrons. The summed E-state index contributed by atoms with van der Waals surface area (Å²) in [5, 5.41) is 10.2. The molecule has 1 aromatic rings. The average Bonchev–Trinajstić information content (AvgIpc) is 2.28. The van der Waals surface area contributed by atoms with Crippen LogP contribution in [0.15, 0.2) is 6.07 Å². The molecule has 0 amide bonds. The highest BCUT2D eigenvalue weighted by molar-refractivity contribution is 6.20. The van der Waals surface area contributed by atoms with Gasteiger partial charge in [-0.15, -0.1) is 0 Å². The first kappa shape index (κ1) is 15.3. The number of ether oxygens (including phenoxy) is 1. The van der Waals surface area contributed by atoms with E-state index in [1.807, 2.05) is 0 Å². The minimum absolute atomic E-state index is 0.189. The molecular formula is C8H2ClF6NO3. The first-order chi connectivity index (χ1) is 8.58. The lowest BCUT2D eigenvalue weighted by atomic mass is 10.2. The highest BCUT2D eigenvalue weighted by Gasteiger charge is 2.44. The molecule has 0 aliphatic carbocycles. The van der Waals surface area contributed by atoms with Crippen LogP contribution >= 0.6 is 11.6 Å². The number of nitrogens with zero attached hydrogens (tertiary/aromatic N) is 1. The lowest BCUT2D eigenvalue weighted by Crippen LogP contribution is -2.33. The summed E-state index contributed by atoms with van der Waals surface area (Å²) in [6.45, 7) is 0. The lowest BCUT2D eigenvalue weighted by molar-refractivity contribution is -0.388. The molecule has 0 aromatic heterocycles. The van der Waals surface area contributed by atoms with Crippen LogP contribution in [0.3, 0.4) is 0 Å². The third-order valence-corrected chi connectivity index (χ3v) is 2.04. The van der Waals surface area contributed by atoms with Crippen LogP contribution in [-0.2, 0) is 0 Å². The predicted octanol–water partition coefficient (Wildman–Crippen LogP) is 3.52. The maximum atomic E-state index is 13.1. The van der Waals surface area contributed by atoms with Gasteiger partial charge in [0.25, 0.3) is 5.63 Å². The number of alkyl halides is 4. The molecule has 0 bridgehead atoms. The summed E-state index contributed by atoms with van der Waals surface area (Å²) in [7, 11) is 0. The molecule has 1 unspecified atom stereocenters. The van der Waals surface area contributed by atoms with E-state index in [1.54, 1.807) is 0 Å². The Labute approximate surface area is 105 Å². The van der Waals surface area contributed by atoms with Crippen molar-refractivity contribution in [1.82, 2.24) is 0 Å². The van der Waals surface area contributed by atoms with Crippen molar-refractivity contribution in [1.29, 1.82) is 0 Å². The van der Waals surface area contributed by atoms with Crippen LogP contribution in [0.5, 0.6) is 5.75 Å². The second kappa shape index (κ2) is 5.11. The summed E-state index contributed by atoms with van der Waals surface area (Å²) in [6.07, 6.45) is -4.86. The van der Waals surface area contributed by atoms with E-state index >= 15 is 0 Å². The van der Waals surface area contributed by atoms with Gasteiger partial charge in [0.2, 0.25) is 17.4 Å². The highest BCUT2D eigenvalue weighted by atomic mass is 35.5. The number of rotatable bonds is 4. The summed E-state index contributed by atoms with van der Waals surface area (Å²) in [5.74, 6) is -8.66. The maximum absolute atomic E-state index is 13.1. The number of hydrogen-bond donors (Lipinski definition) is 0. The van der Waals surface area contributed by atoms with Crippen molar-refractivity contribution in [2.45, 2.75) is 11.7 Å². The Kier molecular flexibility index (Phi) is 4.13. The van der Waals surface area contributed by atoms with Gasteiger partial charge in [-0.3, -0.25) is 10.1 Å². The number of nitro benzene ring substituents is 1. The number of halogens is 7. The third-order valence-electron chi connectivity index (χ3n) is 1.79. The Morgan fingerprint density at radius 2 is 1.84 bits per heavy atom. The maximum Gasteiger partial charge on any atom is 0.444 e. The summed E-state index contributed by atoms with van der Waals surface area (Å²) in [6, 6.07) is -0.189. The standard InChI is InChI=1S/C8H2ClF6NO3/c9-7(13)8(14,15)19-6-2(10)1-3(16(17)18)4(11)5(6)12/h1,7H. The molecule has 19 heavy (non-hydrogen) atoms. The molecule has 0 aliphatic heterocycles. The van der Waals surface area contributed by atoms with Crippen molar-refractivity contribution >= 4 is 17.3 Å². The van der Waals surface area contributed by atoms with Crippen LogP contribution in [0.25, 0.3) is 0 Å². The topological polar surface area (TPSA) is 52.4 Å². The van der Waals surface area contributed by atoms with Crippen molar-refractivity contribution in [2.75, 3.05) is 0 Å². The first-order valence-corrected chi connectivity index (χ1v) is 4.68. The van der Waals surface area contributed by atoms with E-state index in [0.29, 0.717) is 0 Å². The minimum Gasteiger partial charge on any atom is -0.423 e. The van der Waals surface area contributed by atoms with Gasteiger partial charge in [0.05, 0.1) is 11.0 Å². The van der Waals surface area contributed by atoms with Crippen LogP contribution < -0.4 is 4.74 Å². The average molecular weight is 310 g/mol. The molecule has 0 saturated heterocycles. The van der Waals surface area contributed by atoms with Gasteiger partial charge in [-0.05, 0) is 0 Å². The lowest BCUT2D eigenvalue weighted by Gasteiger charge is -2.18. The van der Waals surface area contributed by atoms with E-state index in [-0.39, 0.29) is 6.07 Å². The van der Waals surface area contributed by atoms with Crippen LogP contribution in [0.4, 0.5) is 32.0 Å². The van der Waals surface area contributed by atoms with Crippen LogP contribution in [0, 0.1) is 27.6 Å². The molecule has 1 rings (SSSR count). The molecular weight excluding hydrogens is 308 g/mol. The van der Waals surface area contributed by atoms with E-state index in [4.69, 9.17) is 0 Å². The van der Waals surface area contributed by atoms with Crippen molar-refractivity contribution < 1.29 is 36.0 Å². The molecule has 0 heterocycles. The van der Waals surface area contributed by atoms with Crippen LogP contribution in [0.2, 0.25) is 0 Å². The molecule has 4 nitrogen and oxygen atoms in total. The monoisotopic (exact) mass is 309 g/mol. The molecule has 0 aliphatic rings. The Morgan fingerprint density at radius 3 is 2.26 bits per heavy atom. The molecule has 0 N–H and O–H groups in total. The van der Waals surface area contributed by atoms with E-state index in [2.05, 4.69) is 16.3 Å². The van der Waals surface area contributed by atoms with E-state index in [1.165, 1.54) is 0 Å². The SMILES string of the molecule is O=[N+]([O-])c1cc(F)c(OC(F)(F)C(F)Cl)c(F)c1F. The van der Waals surface area contributed by atoms with Crippen molar-refractivity contribution in [3.63, 3.8) is 0 Å². The van der Waals surface area contributed by atoms with Crippen LogP contribution in [-0.4, -0.2) is 16.7 Å². The highest BCUT2D eigenvalue weighted by Crippen LogP contribution is 2.35. The van der Waals surface area contributed by atoms with Crippen LogP contribution in [0.1, 0.15) is 0 Å². The summed E-state index contributed by atoms with van der Waals surface area (Å²) < 4.78 is 80.1. The molecule has 11 heteroatoms. The van der Waals surface area contributed by atoms with Gasteiger partial charge in [-0.2, -0.15) is 17.6 Å². The predicted molar refractivity (Wildman–Crippen MR) is 49.3 cm³/mol. The van der Waals surface area contributed by atoms with Gasteiger partial charge in [0, 0.05) is 0 Å². The zero-order valence-corrected chi connectivity index (χ0v) is 9.23. The smallest absolute Gasteiger partial charge is 0.423 e. The van der Waals surface area contributed by atoms with E-state index in [0.717, 1.165) is 0 Å². The molecule has 1 atom stereocenters. The fourth-order valence-electron chi connectivity index (χ4n) is 0.973. The minimum atomic E-state index is -4.86. The van der Waals surface area contributed by atoms with Crippen molar-refractivity contribution in [2.24, 2.45) is 0 Å².